The number of hydrogen-bond acceptors (Lipinski definition) is 2. The van der Waals surface area contributed by atoms with Crippen LogP contribution in [0.2, 0.25) is 0 Å². The Bertz CT molecular complexity index is 366. The molecule has 1 rings (SSSR count). The molecule has 1 aromatic heterocycles. The minimum Gasteiger partial charge on any atom is -0.240 e. The van der Waals surface area contributed by atoms with Gasteiger partial charge in [-0.2, -0.15) is 5.26 Å². The Morgan fingerprint density at radius 2 is 2.29 bits per heavy atom. The van der Waals surface area contributed by atoms with E-state index >= 15 is 0 Å². The summed E-state index contributed by atoms with van der Waals surface area (Å²) in [4.78, 5) is 3.66. The highest BCUT2D eigenvalue weighted by Crippen LogP contribution is 2.26. The number of aromatic nitrogens is 1. The molecule has 0 radical (unpaired) electrons. The maximum atomic E-state index is 12.3. The van der Waals surface area contributed by atoms with Gasteiger partial charge in [0.2, 0.25) is 0 Å². The molecule has 0 saturated heterocycles. The van der Waals surface area contributed by atoms with Crippen LogP contribution in [0.5, 0.6) is 0 Å². The second-order valence-corrected chi connectivity index (χ2v) is 4.35. The van der Waals surface area contributed by atoms with E-state index in [1.807, 2.05) is 28.7 Å². The van der Waals surface area contributed by atoms with Crippen molar-refractivity contribution in [1.82, 2.24) is 4.98 Å². The topological polar surface area (TPSA) is 36.7 Å². The van der Waals surface area contributed by atoms with Gasteiger partial charge in [0.25, 0.3) is 6.43 Å². The number of halogens is 4. The first kappa shape index (κ1) is 11.8. The van der Waals surface area contributed by atoms with Crippen molar-refractivity contribution in [2.45, 2.75) is 12.8 Å². The zero-order valence-electron chi connectivity index (χ0n) is 6.77. The highest BCUT2D eigenvalue weighted by Gasteiger charge is 2.14. The summed E-state index contributed by atoms with van der Waals surface area (Å²) >= 11 is 4.98. The molecule has 0 atom stereocenters. The molecule has 0 N–H and O–H groups in total. The molecule has 1 aromatic rings. The molecule has 0 aromatic carbocycles. The quantitative estimate of drug-likeness (QED) is 0.589. The van der Waals surface area contributed by atoms with Gasteiger partial charge in [0.1, 0.15) is 10.3 Å². The number of alkyl halides is 2. The smallest absolute Gasteiger partial charge is 0.240 e. The molecule has 0 saturated carbocycles. The lowest BCUT2D eigenvalue weighted by Crippen LogP contribution is -1.98. The Morgan fingerprint density at radius 1 is 1.64 bits per heavy atom. The van der Waals surface area contributed by atoms with E-state index in [0.717, 1.165) is 0 Å². The molecule has 0 bridgehead atoms. The third kappa shape index (κ3) is 2.60. The predicted octanol–water partition coefficient (Wildman–Crippen LogP) is 3.45. The van der Waals surface area contributed by atoms with Gasteiger partial charge in [-0.25, -0.2) is 13.8 Å². The normalized spacial score (nSPS) is 10.3. The Labute approximate surface area is 102 Å². The number of rotatable bonds is 2. The molecule has 0 aliphatic heterocycles. The Hall–Kier alpha value is -0.290. The molecule has 0 fully saturated rings. The highest BCUT2D eigenvalue weighted by atomic mass is 127. The van der Waals surface area contributed by atoms with Gasteiger partial charge in [-0.15, -0.1) is 0 Å². The second kappa shape index (κ2) is 4.98. The van der Waals surface area contributed by atoms with Crippen molar-refractivity contribution in [2.75, 3.05) is 0 Å². The zero-order valence-corrected chi connectivity index (χ0v) is 10.5. The highest BCUT2D eigenvalue weighted by molar-refractivity contribution is 14.1. The first-order valence-electron chi connectivity index (χ1n) is 3.56. The molecular formula is C8H4BrF2IN2. The molecule has 0 spiro atoms. The van der Waals surface area contributed by atoms with E-state index in [0.29, 0.717) is 13.7 Å². The predicted molar refractivity (Wildman–Crippen MR) is 58.9 cm³/mol. The number of nitrogens with zero attached hydrogens (tertiary/aromatic N) is 2. The van der Waals surface area contributed by atoms with E-state index in [2.05, 4.69) is 20.9 Å². The van der Waals surface area contributed by atoms with E-state index < -0.39 is 6.43 Å². The number of hydrogen-bond donors (Lipinski definition) is 0. The van der Waals surface area contributed by atoms with Crippen molar-refractivity contribution in [1.29, 1.82) is 5.26 Å². The minimum absolute atomic E-state index is 0.162. The molecule has 6 heteroatoms. The largest absolute Gasteiger partial charge is 0.280 e. The van der Waals surface area contributed by atoms with E-state index in [1.165, 1.54) is 6.07 Å². The van der Waals surface area contributed by atoms with Crippen molar-refractivity contribution < 1.29 is 8.78 Å². The second-order valence-electron chi connectivity index (χ2n) is 2.43. The van der Waals surface area contributed by atoms with Gasteiger partial charge >= 0.3 is 0 Å². The third-order valence-corrected chi connectivity index (χ3v) is 3.14. The minimum atomic E-state index is -2.59. The summed E-state index contributed by atoms with van der Waals surface area (Å²) in [6.07, 6.45) is -2.43. The van der Waals surface area contributed by atoms with Crippen LogP contribution >= 0.6 is 38.5 Å². The summed E-state index contributed by atoms with van der Waals surface area (Å²) in [7, 11) is 0. The lowest BCUT2D eigenvalue weighted by atomic mass is 10.2. The van der Waals surface area contributed by atoms with Crippen LogP contribution in [0.3, 0.4) is 0 Å². The number of pyridine rings is 1. The summed E-state index contributed by atoms with van der Waals surface area (Å²) < 4.78 is 25.5. The average molecular weight is 373 g/mol. The summed E-state index contributed by atoms with van der Waals surface area (Å²) in [5.41, 5.74) is 0.375. The molecule has 2 nitrogen and oxygen atoms in total. The van der Waals surface area contributed by atoms with E-state index in [9.17, 15) is 8.78 Å². The van der Waals surface area contributed by atoms with Gasteiger partial charge in [0.15, 0.2) is 0 Å². The first-order chi connectivity index (χ1) is 6.56. The third-order valence-electron chi connectivity index (χ3n) is 1.52. The first-order valence-corrected chi connectivity index (χ1v) is 5.43. The fourth-order valence-corrected chi connectivity index (χ4v) is 2.57. The summed E-state index contributed by atoms with van der Waals surface area (Å²) in [6.45, 7) is 0. The number of nitriles is 1. The molecule has 0 unspecified atom stereocenters. The molecule has 14 heavy (non-hydrogen) atoms. The molecule has 74 valence electrons. The van der Waals surface area contributed by atoms with Gasteiger partial charge in [0.05, 0.1) is 12.5 Å². The standard InChI is InChI=1S/C8H4BrF2IN2/c9-7-4(1-2-13)5(12)3-6(14-7)8(10)11/h3,8H,1H2. The fourth-order valence-electron chi connectivity index (χ4n) is 0.877. The van der Waals surface area contributed by atoms with Crippen LogP contribution in [0.15, 0.2) is 10.7 Å². The van der Waals surface area contributed by atoms with E-state index in [4.69, 9.17) is 5.26 Å². The monoisotopic (exact) mass is 372 g/mol. The van der Waals surface area contributed by atoms with Gasteiger partial charge in [-0.1, -0.05) is 0 Å². The van der Waals surface area contributed by atoms with Gasteiger partial charge in [0, 0.05) is 9.13 Å². The summed E-state index contributed by atoms with van der Waals surface area (Å²) in [5, 5.41) is 8.50. The van der Waals surface area contributed by atoms with Crippen molar-refractivity contribution in [2.24, 2.45) is 0 Å². The Balaban J connectivity index is 3.19. The van der Waals surface area contributed by atoms with Crippen LogP contribution in [-0.4, -0.2) is 4.98 Å². The lowest BCUT2D eigenvalue weighted by molar-refractivity contribution is 0.145. The Morgan fingerprint density at radius 3 is 2.71 bits per heavy atom. The molecule has 1 heterocycles. The van der Waals surface area contributed by atoms with Gasteiger partial charge < -0.3 is 0 Å². The van der Waals surface area contributed by atoms with Gasteiger partial charge in [-0.05, 0) is 44.6 Å². The van der Waals surface area contributed by atoms with Crippen molar-refractivity contribution >= 4 is 38.5 Å². The molecule has 0 aliphatic rings. The molecule has 0 aliphatic carbocycles. The van der Waals surface area contributed by atoms with E-state index in [-0.39, 0.29) is 12.1 Å². The summed E-state index contributed by atoms with van der Waals surface area (Å²) in [5.74, 6) is 0. The summed E-state index contributed by atoms with van der Waals surface area (Å²) in [6, 6.07) is 3.25. The average Bonchev–Trinajstić information content (AvgIpc) is 2.10. The van der Waals surface area contributed by atoms with Crippen LogP contribution in [0.25, 0.3) is 0 Å². The molecule has 0 amide bonds. The zero-order chi connectivity index (χ0) is 10.7. The lowest BCUT2D eigenvalue weighted by Gasteiger charge is -2.05. The SMILES string of the molecule is N#CCc1c(I)cc(C(F)F)nc1Br. The Kier molecular flexibility index (Phi) is 4.19. The van der Waals surface area contributed by atoms with Crippen molar-refractivity contribution in [3.63, 3.8) is 0 Å². The maximum absolute atomic E-state index is 12.3. The van der Waals surface area contributed by atoms with Crippen LogP contribution in [0.1, 0.15) is 17.7 Å². The van der Waals surface area contributed by atoms with E-state index in [1.54, 1.807) is 0 Å². The van der Waals surface area contributed by atoms with Gasteiger partial charge in [-0.3, -0.25) is 0 Å². The van der Waals surface area contributed by atoms with Crippen molar-refractivity contribution in [3.8, 4) is 6.07 Å². The van der Waals surface area contributed by atoms with Crippen LogP contribution < -0.4 is 0 Å². The molecular weight excluding hydrogens is 369 g/mol. The van der Waals surface area contributed by atoms with Crippen LogP contribution in [-0.2, 0) is 6.42 Å². The maximum Gasteiger partial charge on any atom is 0.280 e. The van der Waals surface area contributed by atoms with Crippen molar-refractivity contribution in [3.05, 3.63) is 25.5 Å². The van der Waals surface area contributed by atoms with Crippen LogP contribution in [0.4, 0.5) is 8.78 Å². The van der Waals surface area contributed by atoms with Crippen LogP contribution in [0, 0.1) is 14.9 Å². The fraction of sp³-hybridized carbons (Fsp3) is 0.250.